The van der Waals surface area contributed by atoms with Gasteiger partial charge in [0.15, 0.2) is 0 Å². The average Bonchev–Trinajstić information content (AvgIpc) is 2.64. The molecule has 78 valence electrons. The predicted octanol–water partition coefficient (Wildman–Crippen LogP) is 3.40. The summed E-state index contributed by atoms with van der Waals surface area (Å²) in [6.45, 7) is 2.05. The number of hydrogen-bond acceptors (Lipinski definition) is 2. The van der Waals surface area contributed by atoms with Gasteiger partial charge in [0.1, 0.15) is 5.76 Å². The molecular formula is C12H12BrNO. The Morgan fingerprint density at radius 3 is 2.60 bits per heavy atom. The van der Waals surface area contributed by atoms with Crippen molar-refractivity contribution >= 4 is 15.9 Å². The molecule has 0 fully saturated rings. The zero-order valence-electron chi connectivity index (χ0n) is 8.41. The van der Waals surface area contributed by atoms with Crippen molar-refractivity contribution in [1.82, 2.24) is 0 Å². The van der Waals surface area contributed by atoms with Crippen LogP contribution in [0.5, 0.6) is 0 Å². The van der Waals surface area contributed by atoms with Crippen molar-refractivity contribution in [2.75, 3.05) is 0 Å². The van der Waals surface area contributed by atoms with Crippen LogP contribution in [0.4, 0.5) is 0 Å². The van der Waals surface area contributed by atoms with Crippen molar-refractivity contribution in [1.29, 1.82) is 0 Å². The lowest BCUT2D eigenvalue weighted by molar-refractivity contribution is 0.487. The van der Waals surface area contributed by atoms with Gasteiger partial charge >= 0.3 is 0 Å². The van der Waals surface area contributed by atoms with Crippen molar-refractivity contribution in [2.45, 2.75) is 13.0 Å². The van der Waals surface area contributed by atoms with Gasteiger partial charge in [-0.15, -0.1) is 0 Å². The predicted molar refractivity (Wildman–Crippen MR) is 63.6 cm³/mol. The largest absolute Gasteiger partial charge is 0.466 e. The first-order valence-electron chi connectivity index (χ1n) is 4.74. The molecule has 0 aliphatic heterocycles. The molecule has 1 aromatic heterocycles. The third-order valence-electron chi connectivity index (χ3n) is 2.45. The fraction of sp³-hybridized carbons (Fsp3) is 0.167. The maximum absolute atomic E-state index is 6.14. The summed E-state index contributed by atoms with van der Waals surface area (Å²) in [5.41, 5.74) is 8.40. The molecule has 1 aromatic carbocycles. The molecule has 2 aromatic rings. The zero-order valence-corrected chi connectivity index (χ0v) is 9.99. The van der Waals surface area contributed by atoms with E-state index < -0.39 is 0 Å². The summed E-state index contributed by atoms with van der Waals surface area (Å²) in [6, 6.07) is 9.70. The van der Waals surface area contributed by atoms with Gasteiger partial charge < -0.3 is 10.2 Å². The van der Waals surface area contributed by atoms with E-state index in [4.69, 9.17) is 10.2 Å². The van der Waals surface area contributed by atoms with Crippen molar-refractivity contribution < 1.29 is 4.42 Å². The van der Waals surface area contributed by atoms with E-state index in [1.165, 1.54) is 5.56 Å². The van der Waals surface area contributed by atoms with Crippen LogP contribution in [-0.2, 0) is 0 Å². The number of furan rings is 1. The third kappa shape index (κ3) is 1.98. The molecule has 1 heterocycles. The lowest BCUT2D eigenvalue weighted by Gasteiger charge is -2.12. The second-order valence-corrected chi connectivity index (χ2v) is 4.32. The van der Waals surface area contributed by atoms with E-state index >= 15 is 0 Å². The fourth-order valence-corrected chi connectivity index (χ4v) is 2.05. The van der Waals surface area contributed by atoms with Crippen LogP contribution in [0.3, 0.4) is 0 Å². The molecule has 15 heavy (non-hydrogen) atoms. The Bertz CT molecular complexity index is 464. The number of hydrogen-bond donors (Lipinski definition) is 1. The van der Waals surface area contributed by atoms with Gasteiger partial charge in [0.05, 0.1) is 16.8 Å². The molecular weight excluding hydrogens is 254 g/mol. The van der Waals surface area contributed by atoms with Gasteiger partial charge in [-0.2, -0.15) is 0 Å². The fourth-order valence-electron chi connectivity index (χ4n) is 1.60. The van der Waals surface area contributed by atoms with Crippen LogP contribution >= 0.6 is 15.9 Å². The molecule has 0 aliphatic rings. The maximum Gasteiger partial charge on any atom is 0.139 e. The van der Waals surface area contributed by atoms with Gasteiger partial charge in [0.25, 0.3) is 0 Å². The summed E-state index contributed by atoms with van der Waals surface area (Å²) in [5, 5.41) is 0. The molecule has 0 saturated heterocycles. The molecule has 3 heteroatoms. The molecule has 2 N–H and O–H groups in total. The summed E-state index contributed by atoms with van der Waals surface area (Å²) in [5.74, 6) is 0.768. The molecule has 0 radical (unpaired) electrons. The summed E-state index contributed by atoms with van der Waals surface area (Å²) in [7, 11) is 0. The highest BCUT2D eigenvalue weighted by molar-refractivity contribution is 9.10. The van der Waals surface area contributed by atoms with Crippen LogP contribution in [0.1, 0.15) is 22.9 Å². The first-order chi connectivity index (χ1) is 7.20. The molecule has 2 rings (SSSR count). The topological polar surface area (TPSA) is 39.2 Å². The van der Waals surface area contributed by atoms with Crippen LogP contribution in [0.15, 0.2) is 45.5 Å². The minimum absolute atomic E-state index is 0.212. The summed E-state index contributed by atoms with van der Waals surface area (Å²) in [4.78, 5) is 0. The van der Waals surface area contributed by atoms with Gasteiger partial charge in [-0.1, -0.05) is 24.3 Å². The Labute approximate surface area is 97.2 Å². The van der Waals surface area contributed by atoms with Crippen molar-refractivity contribution in [3.63, 3.8) is 0 Å². The van der Waals surface area contributed by atoms with E-state index in [1.54, 1.807) is 6.26 Å². The maximum atomic E-state index is 6.14. The summed E-state index contributed by atoms with van der Waals surface area (Å²) in [6.07, 6.45) is 1.64. The second kappa shape index (κ2) is 4.21. The van der Waals surface area contributed by atoms with E-state index in [0.29, 0.717) is 0 Å². The van der Waals surface area contributed by atoms with Gasteiger partial charge in [0.2, 0.25) is 0 Å². The molecule has 2 nitrogen and oxygen atoms in total. The lowest BCUT2D eigenvalue weighted by Crippen LogP contribution is -2.12. The highest BCUT2D eigenvalue weighted by atomic mass is 79.9. The second-order valence-electron chi connectivity index (χ2n) is 3.47. The van der Waals surface area contributed by atoms with Gasteiger partial charge in [0, 0.05) is 0 Å². The quantitative estimate of drug-likeness (QED) is 0.904. The van der Waals surface area contributed by atoms with Crippen LogP contribution in [0, 0.1) is 6.92 Å². The normalized spacial score (nSPS) is 12.7. The standard InChI is InChI=1S/C12H12BrNO/c1-8-4-2-3-5-9(8)11(14)12-10(13)6-7-15-12/h2-7,11H,14H2,1H3. The summed E-state index contributed by atoms with van der Waals surface area (Å²) >= 11 is 3.41. The average molecular weight is 266 g/mol. The Balaban J connectivity index is 2.41. The molecule has 0 bridgehead atoms. The van der Waals surface area contributed by atoms with Crippen LogP contribution in [0.25, 0.3) is 0 Å². The minimum atomic E-state index is -0.212. The monoisotopic (exact) mass is 265 g/mol. The smallest absolute Gasteiger partial charge is 0.139 e. The minimum Gasteiger partial charge on any atom is -0.466 e. The molecule has 0 aliphatic carbocycles. The van der Waals surface area contributed by atoms with Crippen molar-refractivity contribution in [2.24, 2.45) is 5.73 Å². The molecule has 0 spiro atoms. The van der Waals surface area contributed by atoms with Crippen LogP contribution < -0.4 is 5.73 Å². The van der Waals surface area contributed by atoms with Gasteiger partial charge in [-0.05, 0) is 40.0 Å². The van der Waals surface area contributed by atoms with E-state index in [-0.39, 0.29) is 6.04 Å². The van der Waals surface area contributed by atoms with Crippen LogP contribution in [0.2, 0.25) is 0 Å². The molecule has 1 atom stereocenters. The Morgan fingerprint density at radius 2 is 2.00 bits per heavy atom. The highest BCUT2D eigenvalue weighted by Gasteiger charge is 2.16. The summed E-state index contributed by atoms with van der Waals surface area (Å²) < 4.78 is 6.28. The number of aryl methyl sites for hydroxylation is 1. The van der Waals surface area contributed by atoms with Crippen LogP contribution in [-0.4, -0.2) is 0 Å². The van der Waals surface area contributed by atoms with E-state index in [1.807, 2.05) is 37.3 Å². The van der Waals surface area contributed by atoms with Gasteiger partial charge in [-0.3, -0.25) is 0 Å². The zero-order chi connectivity index (χ0) is 10.8. The molecule has 0 amide bonds. The number of benzene rings is 1. The first-order valence-corrected chi connectivity index (χ1v) is 5.53. The van der Waals surface area contributed by atoms with E-state index in [9.17, 15) is 0 Å². The first kappa shape index (κ1) is 10.5. The lowest BCUT2D eigenvalue weighted by atomic mass is 10.0. The Kier molecular flexibility index (Phi) is 2.93. The van der Waals surface area contributed by atoms with E-state index in [2.05, 4.69) is 15.9 Å². The Hall–Kier alpha value is -1.06. The molecule has 1 unspecified atom stereocenters. The van der Waals surface area contributed by atoms with Crippen molar-refractivity contribution in [3.05, 3.63) is 58.0 Å². The highest BCUT2D eigenvalue weighted by Crippen LogP contribution is 2.28. The van der Waals surface area contributed by atoms with Gasteiger partial charge in [-0.25, -0.2) is 0 Å². The van der Waals surface area contributed by atoms with Crippen molar-refractivity contribution in [3.8, 4) is 0 Å². The van der Waals surface area contributed by atoms with E-state index in [0.717, 1.165) is 15.8 Å². The Morgan fingerprint density at radius 1 is 1.27 bits per heavy atom. The number of nitrogens with two attached hydrogens (primary N) is 1. The third-order valence-corrected chi connectivity index (χ3v) is 3.11. The SMILES string of the molecule is Cc1ccccc1C(N)c1occc1Br. The number of halogens is 1. The molecule has 0 saturated carbocycles. The number of rotatable bonds is 2.